The first kappa shape index (κ1) is 12.8. The van der Waals surface area contributed by atoms with Gasteiger partial charge < -0.3 is 15.1 Å². The Kier molecular flexibility index (Phi) is 5.05. The average Bonchev–Trinajstić information content (AvgIpc) is 2.75. The van der Waals surface area contributed by atoms with Crippen LogP contribution in [0.25, 0.3) is 0 Å². The van der Waals surface area contributed by atoms with Crippen LogP contribution in [0.4, 0.5) is 0 Å². The average molecular weight is 224 g/mol. The van der Waals surface area contributed by atoms with Gasteiger partial charge in [0.15, 0.2) is 0 Å². The summed E-state index contributed by atoms with van der Waals surface area (Å²) in [4.78, 5) is 13.7. The van der Waals surface area contributed by atoms with Crippen molar-refractivity contribution in [1.82, 2.24) is 4.90 Å². The third kappa shape index (κ3) is 3.70. The fourth-order valence-electron chi connectivity index (χ4n) is 1.64. The van der Waals surface area contributed by atoms with E-state index in [2.05, 4.69) is 0 Å². The van der Waals surface area contributed by atoms with E-state index in [0.29, 0.717) is 25.9 Å². The van der Waals surface area contributed by atoms with Crippen LogP contribution in [0.3, 0.4) is 0 Å². The molecule has 0 spiro atoms. The first-order valence-corrected chi connectivity index (χ1v) is 5.67. The van der Waals surface area contributed by atoms with Crippen molar-refractivity contribution in [1.29, 1.82) is 0 Å². The predicted octanol–water partition coefficient (Wildman–Crippen LogP) is 1.41. The topological polar surface area (TPSA) is 59.5 Å². The van der Waals surface area contributed by atoms with Crippen molar-refractivity contribution in [2.45, 2.75) is 32.7 Å². The molecule has 4 heteroatoms. The number of carbonyl (C=O) groups is 1. The van der Waals surface area contributed by atoms with Crippen molar-refractivity contribution in [3.63, 3.8) is 0 Å². The van der Waals surface area contributed by atoms with E-state index in [4.69, 9.17) is 10.2 Å². The fraction of sp³-hybridized carbons (Fsp3) is 0.583. The monoisotopic (exact) mass is 224 g/mol. The summed E-state index contributed by atoms with van der Waals surface area (Å²) < 4.78 is 5.19. The maximum absolute atomic E-state index is 11.9. The molecule has 0 saturated heterocycles. The Bertz CT molecular complexity index is 307. The molecule has 0 fully saturated rings. The zero-order valence-electron chi connectivity index (χ0n) is 9.98. The highest BCUT2D eigenvalue weighted by molar-refractivity contribution is 5.76. The van der Waals surface area contributed by atoms with Gasteiger partial charge in [0.1, 0.15) is 5.76 Å². The standard InChI is InChI=1S/C12H20N2O2/c1-10(2)14(8-7-13)12(15)6-5-11-4-3-9-16-11/h3-4,9-10H,5-8,13H2,1-2H3. The summed E-state index contributed by atoms with van der Waals surface area (Å²) in [6.45, 7) is 5.13. The first-order chi connectivity index (χ1) is 7.65. The van der Waals surface area contributed by atoms with E-state index in [0.717, 1.165) is 5.76 Å². The molecule has 0 saturated carbocycles. The van der Waals surface area contributed by atoms with E-state index < -0.39 is 0 Å². The van der Waals surface area contributed by atoms with Crippen LogP contribution in [0.2, 0.25) is 0 Å². The summed E-state index contributed by atoms with van der Waals surface area (Å²) in [7, 11) is 0. The summed E-state index contributed by atoms with van der Waals surface area (Å²) in [6, 6.07) is 3.92. The maximum atomic E-state index is 11.9. The molecule has 0 radical (unpaired) electrons. The van der Waals surface area contributed by atoms with Gasteiger partial charge in [-0.25, -0.2) is 0 Å². The molecule has 0 aromatic carbocycles. The Morgan fingerprint density at radius 2 is 2.31 bits per heavy atom. The highest BCUT2D eigenvalue weighted by atomic mass is 16.3. The second-order valence-corrected chi connectivity index (χ2v) is 4.05. The molecule has 1 heterocycles. The molecule has 4 nitrogen and oxygen atoms in total. The zero-order chi connectivity index (χ0) is 12.0. The minimum Gasteiger partial charge on any atom is -0.469 e. The smallest absolute Gasteiger partial charge is 0.223 e. The van der Waals surface area contributed by atoms with Gasteiger partial charge in [-0.1, -0.05) is 0 Å². The number of hydrogen-bond acceptors (Lipinski definition) is 3. The number of aryl methyl sites for hydroxylation is 1. The number of rotatable bonds is 6. The molecule has 90 valence electrons. The lowest BCUT2D eigenvalue weighted by Gasteiger charge is -2.26. The largest absolute Gasteiger partial charge is 0.469 e. The molecule has 0 atom stereocenters. The Labute approximate surface area is 96.4 Å². The Morgan fingerprint density at radius 3 is 2.81 bits per heavy atom. The number of nitrogens with two attached hydrogens (primary N) is 1. The van der Waals surface area contributed by atoms with Crippen molar-refractivity contribution < 1.29 is 9.21 Å². The van der Waals surface area contributed by atoms with Gasteiger partial charge in [-0.15, -0.1) is 0 Å². The lowest BCUT2D eigenvalue weighted by molar-refractivity contribution is -0.132. The van der Waals surface area contributed by atoms with Gasteiger partial charge in [0.25, 0.3) is 0 Å². The minimum absolute atomic E-state index is 0.136. The molecule has 0 aliphatic rings. The van der Waals surface area contributed by atoms with E-state index in [1.165, 1.54) is 0 Å². The van der Waals surface area contributed by atoms with Gasteiger partial charge in [0.05, 0.1) is 6.26 Å². The van der Waals surface area contributed by atoms with E-state index >= 15 is 0 Å². The van der Waals surface area contributed by atoms with Crippen molar-refractivity contribution in [2.24, 2.45) is 5.73 Å². The van der Waals surface area contributed by atoms with Crippen molar-refractivity contribution in [3.05, 3.63) is 24.2 Å². The molecule has 0 aliphatic carbocycles. The summed E-state index contributed by atoms with van der Waals surface area (Å²) in [5, 5.41) is 0. The summed E-state index contributed by atoms with van der Waals surface area (Å²) >= 11 is 0. The van der Waals surface area contributed by atoms with Crippen LogP contribution in [0.5, 0.6) is 0 Å². The van der Waals surface area contributed by atoms with Crippen molar-refractivity contribution in [2.75, 3.05) is 13.1 Å². The lowest BCUT2D eigenvalue weighted by Crippen LogP contribution is -2.40. The number of hydrogen-bond donors (Lipinski definition) is 1. The molecule has 0 unspecified atom stereocenters. The van der Waals surface area contributed by atoms with Gasteiger partial charge in [-0.2, -0.15) is 0 Å². The molecular formula is C12H20N2O2. The van der Waals surface area contributed by atoms with Crippen LogP contribution in [0, 0.1) is 0 Å². The molecule has 2 N–H and O–H groups in total. The number of nitrogens with zero attached hydrogens (tertiary/aromatic N) is 1. The van der Waals surface area contributed by atoms with Crippen LogP contribution in [0.1, 0.15) is 26.0 Å². The molecule has 0 aliphatic heterocycles. The van der Waals surface area contributed by atoms with Crippen LogP contribution in [-0.2, 0) is 11.2 Å². The normalized spacial score (nSPS) is 10.8. The first-order valence-electron chi connectivity index (χ1n) is 5.67. The maximum Gasteiger partial charge on any atom is 0.223 e. The highest BCUT2D eigenvalue weighted by Gasteiger charge is 2.15. The van der Waals surface area contributed by atoms with Crippen molar-refractivity contribution >= 4 is 5.91 Å². The van der Waals surface area contributed by atoms with E-state index in [-0.39, 0.29) is 11.9 Å². The van der Waals surface area contributed by atoms with Gasteiger partial charge in [0, 0.05) is 32.0 Å². The second kappa shape index (κ2) is 6.33. The number of furan rings is 1. The van der Waals surface area contributed by atoms with E-state index in [9.17, 15) is 4.79 Å². The van der Waals surface area contributed by atoms with E-state index in [1.807, 2.05) is 30.9 Å². The molecule has 1 aromatic rings. The van der Waals surface area contributed by atoms with Gasteiger partial charge in [0.2, 0.25) is 5.91 Å². The van der Waals surface area contributed by atoms with Gasteiger partial charge in [-0.05, 0) is 26.0 Å². The fourth-order valence-corrected chi connectivity index (χ4v) is 1.64. The Balaban J connectivity index is 2.43. The summed E-state index contributed by atoms with van der Waals surface area (Å²) in [5.74, 6) is 0.988. The zero-order valence-corrected chi connectivity index (χ0v) is 9.98. The minimum atomic E-state index is 0.136. The third-order valence-electron chi connectivity index (χ3n) is 2.48. The molecular weight excluding hydrogens is 204 g/mol. The Hall–Kier alpha value is -1.29. The third-order valence-corrected chi connectivity index (χ3v) is 2.48. The molecule has 1 aromatic heterocycles. The summed E-state index contributed by atoms with van der Waals surface area (Å²) in [5.41, 5.74) is 5.48. The van der Waals surface area contributed by atoms with Gasteiger partial charge in [-0.3, -0.25) is 4.79 Å². The molecule has 1 rings (SSSR count). The van der Waals surface area contributed by atoms with Crippen LogP contribution < -0.4 is 5.73 Å². The van der Waals surface area contributed by atoms with Crippen LogP contribution in [0.15, 0.2) is 22.8 Å². The van der Waals surface area contributed by atoms with Gasteiger partial charge >= 0.3 is 0 Å². The molecule has 1 amide bonds. The Morgan fingerprint density at radius 1 is 1.56 bits per heavy atom. The van der Waals surface area contributed by atoms with Crippen molar-refractivity contribution in [3.8, 4) is 0 Å². The van der Waals surface area contributed by atoms with Crippen LogP contribution in [-0.4, -0.2) is 29.9 Å². The highest BCUT2D eigenvalue weighted by Crippen LogP contribution is 2.07. The van der Waals surface area contributed by atoms with Crippen LogP contribution >= 0.6 is 0 Å². The SMILES string of the molecule is CC(C)N(CCN)C(=O)CCc1ccco1. The number of amides is 1. The number of carbonyl (C=O) groups excluding carboxylic acids is 1. The predicted molar refractivity (Wildman–Crippen MR) is 62.9 cm³/mol. The quantitative estimate of drug-likeness (QED) is 0.794. The molecule has 16 heavy (non-hydrogen) atoms. The van der Waals surface area contributed by atoms with E-state index in [1.54, 1.807) is 6.26 Å². The lowest BCUT2D eigenvalue weighted by atomic mass is 10.2. The second-order valence-electron chi connectivity index (χ2n) is 4.05. The summed E-state index contributed by atoms with van der Waals surface area (Å²) in [6.07, 6.45) is 2.76. The molecule has 0 bridgehead atoms.